The van der Waals surface area contributed by atoms with E-state index in [2.05, 4.69) is 48.3 Å². The molecule has 0 aromatic heterocycles. The summed E-state index contributed by atoms with van der Waals surface area (Å²) in [4.78, 5) is 0. The fraction of sp³-hybridized carbons (Fsp3) is 0.333. The molecule has 3 heteroatoms. The number of rotatable bonds is 12. The lowest BCUT2D eigenvalue weighted by Crippen LogP contribution is -1.90. The molecule has 0 aliphatic heterocycles. The summed E-state index contributed by atoms with van der Waals surface area (Å²) in [5.74, 6) is -0.248. The third-order valence-corrected chi connectivity index (χ3v) is 5.83. The average molecular weight is 443 g/mol. The van der Waals surface area contributed by atoms with Crippen LogP contribution < -0.4 is 0 Å². The summed E-state index contributed by atoms with van der Waals surface area (Å²) in [7, 11) is 0. The molecule has 0 unspecified atom stereocenters. The summed E-state index contributed by atoms with van der Waals surface area (Å²) < 4.78 is 14.7. The van der Waals surface area contributed by atoms with Crippen LogP contribution in [0.5, 0.6) is 0 Å². The van der Waals surface area contributed by atoms with E-state index in [9.17, 15) is 4.39 Å². The highest BCUT2D eigenvalue weighted by atomic mass is 19.1. The van der Waals surface area contributed by atoms with Crippen LogP contribution in [0.2, 0.25) is 0 Å². The second-order valence-electron chi connectivity index (χ2n) is 8.58. The number of aryl methyl sites for hydroxylation is 2. The lowest BCUT2D eigenvalue weighted by molar-refractivity contribution is 0.630. The predicted octanol–water partition coefficient (Wildman–Crippen LogP) is 8.41. The van der Waals surface area contributed by atoms with E-state index < -0.39 is 0 Å². The Hall–Kier alpha value is -3.07. The minimum atomic E-state index is -0.248. The number of nitrogens with zero attached hydrogens (tertiary/aromatic N) is 2. The van der Waals surface area contributed by atoms with Crippen molar-refractivity contribution in [3.05, 3.63) is 94.8 Å². The zero-order chi connectivity index (χ0) is 23.3. The summed E-state index contributed by atoms with van der Waals surface area (Å²) in [5, 5.41) is 8.17. The third kappa shape index (κ3) is 8.09. The maximum atomic E-state index is 14.7. The molecule has 3 aromatic carbocycles. The van der Waals surface area contributed by atoms with Crippen molar-refractivity contribution in [3.63, 3.8) is 0 Å². The molecule has 3 aromatic rings. The number of hydrogen-bond acceptors (Lipinski definition) is 2. The SMILES string of the molecule is CCCCCCCc1ccc(-c2ccc(C=NN=Cc3ccc(CCC)cc3)cc2F)cc1. The first-order valence-electron chi connectivity index (χ1n) is 12.2. The molecule has 0 saturated heterocycles. The van der Waals surface area contributed by atoms with Gasteiger partial charge >= 0.3 is 0 Å². The maximum absolute atomic E-state index is 14.7. The molecule has 0 atom stereocenters. The minimum absolute atomic E-state index is 0.248. The monoisotopic (exact) mass is 442 g/mol. The Labute approximate surface area is 198 Å². The molecule has 2 nitrogen and oxygen atoms in total. The number of unbranched alkanes of at least 4 members (excludes halogenated alkanes) is 4. The van der Waals surface area contributed by atoms with E-state index in [1.807, 2.05) is 36.4 Å². The van der Waals surface area contributed by atoms with E-state index in [1.165, 1.54) is 49.3 Å². The molecule has 0 aliphatic rings. The van der Waals surface area contributed by atoms with Gasteiger partial charge in [-0.15, -0.1) is 0 Å². The Kier molecular flexibility index (Phi) is 10.0. The molecule has 0 heterocycles. The number of benzene rings is 3. The van der Waals surface area contributed by atoms with Crippen molar-refractivity contribution >= 4 is 12.4 Å². The summed E-state index contributed by atoms with van der Waals surface area (Å²) in [6, 6.07) is 21.8. The molecule has 0 fully saturated rings. The van der Waals surface area contributed by atoms with Gasteiger partial charge in [0.05, 0.1) is 12.4 Å². The molecule has 0 aliphatic carbocycles. The van der Waals surface area contributed by atoms with E-state index >= 15 is 0 Å². The van der Waals surface area contributed by atoms with E-state index in [1.54, 1.807) is 12.4 Å². The van der Waals surface area contributed by atoms with Crippen molar-refractivity contribution in [2.24, 2.45) is 10.2 Å². The first-order chi connectivity index (χ1) is 16.2. The van der Waals surface area contributed by atoms with Gasteiger partial charge in [-0.3, -0.25) is 0 Å². The Morgan fingerprint density at radius 2 is 1.24 bits per heavy atom. The van der Waals surface area contributed by atoms with Gasteiger partial charge in [0, 0.05) is 5.56 Å². The highest BCUT2D eigenvalue weighted by Crippen LogP contribution is 2.24. The smallest absolute Gasteiger partial charge is 0.131 e. The zero-order valence-electron chi connectivity index (χ0n) is 19.9. The summed E-state index contributed by atoms with van der Waals surface area (Å²) in [6.07, 6.45) is 13.0. The Bertz CT molecular complexity index is 1030. The largest absolute Gasteiger partial charge is 0.206 e. The van der Waals surface area contributed by atoms with Gasteiger partial charge in [-0.1, -0.05) is 107 Å². The van der Waals surface area contributed by atoms with Gasteiger partial charge in [-0.05, 0) is 53.1 Å². The van der Waals surface area contributed by atoms with Crippen LogP contribution in [0.25, 0.3) is 11.1 Å². The molecular formula is C30H35FN2. The van der Waals surface area contributed by atoms with Crippen LogP contribution in [0, 0.1) is 5.82 Å². The van der Waals surface area contributed by atoms with Gasteiger partial charge in [0.15, 0.2) is 0 Å². The van der Waals surface area contributed by atoms with Crippen LogP contribution in [-0.2, 0) is 12.8 Å². The van der Waals surface area contributed by atoms with Gasteiger partial charge < -0.3 is 0 Å². The van der Waals surface area contributed by atoms with Crippen LogP contribution in [0.4, 0.5) is 4.39 Å². The highest BCUT2D eigenvalue weighted by Gasteiger charge is 2.06. The van der Waals surface area contributed by atoms with Gasteiger partial charge in [-0.2, -0.15) is 10.2 Å². The fourth-order valence-corrected chi connectivity index (χ4v) is 3.89. The molecule has 3 rings (SSSR count). The second-order valence-corrected chi connectivity index (χ2v) is 8.58. The molecular weight excluding hydrogens is 407 g/mol. The maximum Gasteiger partial charge on any atom is 0.131 e. The molecule has 0 N–H and O–H groups in total. The van der Waals surface area contributed by atoms with Crippen LogP contribution in [0.1, 0.15) is 74.6 Å². The van der Waals surface area contributed by atoms with Gasteiger partial charge in [0.25, 0.3) is 0 Å². The van der Waals surface area contributed by atoms with Crippen molar-refractivity contribution in [2.75, 3.05) is 0 Å². The Morgan fingerprint density at radius 1 is 0.636 bits per heavy atom. The second kappa shape index (κ2) is 13.5. The predicted molar refractivity (Wildman–Crippen MR) is 140 cm³/mol. The van der Waals surface area contributed by atoms with Crippen molar-refractivity contribution < 1.29 is 4.39 Å². The molecule has 0 radical (unpaired) electrons. The van der Waals surface area contributed by atoms with Gasteiger partial charge in [0.2, 0.25) is 0 Å². The fourth-order valence-electron chi connectivity index (χ4n) is 3.89. The Balaban J connectivity index is 1.55. The van der Waals surface area contributed by atoms with Gasteiger partial charge in [-0.25, -0.2) is 4.39 Å². The van der Waals surface area contributed by atoms with E-state index in [4.69, 9.17) is 0 Å². The van der Waals surface area contributed by atoms with E-state index in [0.29, 0.717) is 11.1 Å². The number of halogens is 1. The van der Waals surface area contributed by atoms with Crippen LogP contribution in [0.3, 0.4) is 0 Å². The molecule has 0 saturated carbocycles. The lowest BCUT2D eigenvalue weighted by atomic mass is 10.00. The molecule has 172 valence electrons. The number of hydrogen-bond donors (Lipinski definition) is 0. The normalized spacial score (nSPS) is 11.6. The summed E-state index contributed by atoms with van der Waals surface area (Å²) >= 11 is 0. The molecule has 33 heavy (non-hydrogen) atoms. The Morgan fingerprint density at radius 3 is 1.91 bits per heavy atom. The van der Waals surface area contributed by atoms with Crippen molar-refractivity contribution in [1.29, 1.82) is 0 Å². The van der Waals surface area contributed by atoms with Crippen LogP contribution >= 0.6 is 0 Å². The van der Waals surface area contributed by atoms with Crippen LogP contribution in [0.15, 0.2) is 76.9 Å². The standard InChI is InChI=1S/C30H35FN2/c1-3-5-6-7-8-10-25-15-18-28(19-16-25)29-20-17-27(21-30(29)31)23-33-32-22-26-13-11-24(9-4-2)12-14-26/h11-23H,3-10H2,1-2H3. The average Bonchev–Trinajstić information content (AvgIpc) is 2.84. The topological polar surface area (TPSA) is 24.7 Å². The minimum Gasteiger partial charge on any atom is -0.206 e. The van der Waals surface area contributed by atoms with Crippen molar-refractivity contribution in [2.45, 2.75) is 65.2 Å². The summed E-state index contributed by atoms with van der Waals surface area (Å²) in [5.41, 5.74) is 5.84. The lowest BCUT2D eigenvalue weighted by Gasteiger charge is -2.07. The van der Waals surface area contributed by atoms with E-state index in [-0.39, 0.29) is 5.82 Å². The highest BCUT2D eigenvalue weighted by molar-refractivity contribution is 5.83. The first kappa shape index (κ1) is 24.6. The van der Waals surface area contributed by atoms with Crippen LogP contribution in [-0.4, -0.2) is 12.4 Å². The zero-order valence-corrected chi connectivity index (χ0v) is 19.9. The van der Waals surface area contributed by atoms with Gasteiger partial charge in [0.1, 0.15) is 5.82 Å². The first-order valence-corrected chi connectivity index (χ1v) is 12.2. The molecule has 0 amide bonds. The summed E-state index contributed by atoms with van der Waals surface area (Å²) in [6.45, 7) is 4.41. The van der Waals surface area contributed by atoms with Crippen molar-refractivity contribution in [3.8, 4) is 11.1 Å². The molecule has 0 spiro atoms. The molecule has 0 bridgehead atoms. The van der Waals surface area contributed by atoms with Crippen molar-refractivity contribution in [1.82, 2.24) is 0 Å². The third-order valence-electron chi connectivity index (χ3n) is 5.83. The van der Waals surface area contributed by atoms with E-state index in [0.717, 1.165) is 30.4 Å². The quantitative estimate of drug-likeness (QED) is 0.153.